The van der Waals surface area contributed by atoms with E-state index in [2.05, 4.69) is 46.4 Å². The van der Waals surface area contributed by atoms with Gasteiger partial charge in [0.2, 0.25) is 0 Å². The van der Waals surface area contributed by atoms with Gasteiger partial charge in [-0.2, -0.15) is 0 Å². The summed E-state index contributed by atoms with van der Waals surface area (Å²) in [4.78, 5) is 0. The fourth-order valence-corrected chi connectivity index (χ4v) is 2.52. The summed E-state index contributed by atoms with van der Waals surface area (Å²) < 4.78 is 1.26. The minimum absolute atomic E-state index is 0.634. The second kappa shape index (κ2) is 3.81. The van der Waals surface area contributed by atoms with Gasteiger partial charge in [-0.05, 0) is 36.1 Å². The van der Waals surface area contributed by atoms with E-state index in [0.29, 0.717) is 5.92 Å². The monoisotopic (exact) mass is 239 g/mol. The van der Waals surface area contributed by atoms with Crippen molar-refractivity contribution in [3.05, 3.63) is 33.8 Å². The summed E-state index contributed by atoms with van der Waals surface area (Å²) in [5.74, 6) is 0.634. The highest BCUT2D eigenvalue weighted by atomic mass is 79.9. The highest BCUT2D eigenvalue weighted by molar-refractivity contribution is 9.10. The molecule has 1 aliphatic rings. The minimum atomic E-state index is 0.634. The maximum atomic E-state index is 3.62. The number of hydrogen-bond donors (Lipinski definition) is 1. The molecule has 0 bridgehead atoms. The third-order valence-corrected chi connectivity index (χ3v) is 3.43. The average molecular weight is 240 g/mol. The number of rotatable bonds is 0. The molecule has 0 aromatic heterocycles. The zero-order valence-electron chi connectivity index (χ0n) is 7.81. The predicted octanol–water partition coefficient (Wildman–Crippen LogP) is 2.70. The molecule has 0 radical (unpaired) electrons. The highest BCUT2D eigenvalue weighted by Gasteiger charge is 2.15. The zero-order valence-corrected chi connectivity index (χ0v) is 9.39. The van der Waals surface area contributed by atoms with Gasteiger partial charge >= 0.3 is 0 Å². The number of hydrogen-bond acceptors (Lipinski definition) is 1. The van der Waals surface area contributed by atoms with Crippen LogP contribution in [0, 0.1) is 0 Å². The third kappa shape index (κ3) is 1.79. The maximum Gasteiger partial charge on any atom is 0.0210 e. The molecule has 1 aromatic rings. The van der Waals surface area contributed by atoms with Crippen molar-refractivity contribution < 1.29 is 0 Å². The Morgan fingerprint density at radius 2 is 2.31 bits per heavy atom. The van der Waals surface area contributed by atoms with Gasteiger partial charge in [-0.25, -0.2) is 0 Å². The van der Waals surface area contributed by atoms with Gasteiger partial charge in [-0.15, -0.1) is 0 Å². The quantitative estimate of drug-likeness (QED) is 0.735. The Kier molecular flexibility index (Phi) is 2.70. The van der Waals surface area contributed by atoms with Crippen molar-refractivity contribution in [1.29, 1.82) is 0 Å². The van der Waals surface area contributed by atoms with Gasteiger partial charge in [0.05, 0.1) is 0 Å². The zero-order chi connectivity index (χ0) is 9.26. The minimum Gasteiger partial charge on any atom is -0.316 e. The van der Waals surface area contributed by atoms with Gasteiger partial charge in [0, 0.05) is 11.0 Å². The Morgan fingerprint density at radius 1 is 1.46 bits per heavy atom. The molecule has 0 saturated carbocycles. The van der Waals surface area contributed by atoms with E-state index in [0.717, 1.165) is 19.5 Å². The van der Waals surface area contributed by atoms with Gasteiger partial charge in [-0.3, -0.25) is 0 Å². The Hall–Kier alpha value is -0.340. The number of halogens is 1. The fraction of sp³-hybridized carbons (Fsp3) is 0.455. The molecular formula is C11H14BrN. The van der Waals surface area contributed by atoms with Crippen molar-refractivity contribution in [2.75, 3.05) is 13.1 Å². The average Bonchev–Trinajstić information content (AvgIpc) is 2.30. The van der Waals surface area contributed by atoms with Gasteiger partial charge in [0.1, 0.15) is 0 Å². The topological polar surface area (TPSA) is 12.0 Å². The summed E-state index contributed by atoms with van der Waals surface area (Å²) in [5.41, 5.74) is 2.99. The smallest absolute Gasteiger partial charge is 0.0210 e. The van der Waals surface area contributed by atoms with Crippen LogP contribution < -0.4 is 5.32 Å². The van der Waals surface area contributed by atoms with Crippen LogP contribution in [0.4, 0.5) is 0 Å². The molecule has 0 spiro atoms. The first-order chi connectivity index (χ1) is 6.29. The Balaban J connectivity index is 2.47. The molecule has 0 aliphatic carbocycles. The first kappa shape index (κ1) is 9.22. The summed E-state index contributed by atoms with van der Waals surface area (Å²) in [6, 6.07) is 6.51. The van der Waals surface area contributed by atoms with Crippen LogP contribution in [-0.4, -0.2) is 13.1 Å². The second-order valence-electron chi connectivity index (χ2n) is 3.66. The van der Waals surface area contributed by atoms with Gasteiger partial charge < -0.3 is 5.32 Å². The number of nitrogens with one attached hydrogen (secondary N) is 1. The summed E-state index contributed by atoms with van der Waals surface area (Å²) in [6.45, 7) is 4.48. The highest BCUT2D eigenvalue weighted by Crippen LogP contribution is 2.28. The van der Waals surface area contributed by atoms with E-state index in [1.807, 2.05) is 0 Å². The van der Waals surface area contributed by atoms with Crippen molar-refractivity contribution in [3.8, 4) is 0 Å². The largest absolute Gasteiger partial charge is 0.316 e. The van der Waals surface area contributed by atoms with Crippen LogP contribution in [0.5, 0.6) is 0 Å². The molecule has 1 N–H and O–H groups in total. The molecule has 2 rings (SSSR count). The fourth-order valence-electron chi connectivity index (χ4n) is 1.94. The lowest BCUT2D eigenvalue weighted by atomic mass is 9.96. The molecule has 0 saturated heterocycles. The van der Waals surface area contributed by atoms with Crippen LogP contribution in [0.15, 0.2) is 22.7 Å². The number of fused-ring (bicyclic) bond motifs is 1. The van der Waals surface area contributed by atoms with Crippen molar-refractivity contribution in [2.45, 2.75) is 19.3 Å². The van der Waals surface area contributed by atoms with E-state index in [9.17, 15) is 0 Å². The Labute approximate surface area is 87.7 Å². The van der Waals surface area contributed by atoms with Crippen molar-refractivity contribution >= 4 is 15.9 Å². The van der Waals surface area contributed by atoms with Gasteiger partial charge in [-0.1, -0.05) is 35.0 Å². The lowest BCUT2D eigenvalue weighted by Gasteiger charge is -2.12. The predicted molar refractivity (Wildman–Crippen MR) is 59.1 cm³/mol. The lowest BCUT2D eigenvalue weighted by molar-refractivity contribution is 0.644. The second-order valence-corrected chi connectivity index (χ2v) is 4.52. The molecule has 1 atom stereocenters. The van der Waals surface area contributed by atoms with E-state index in [4.69, 9.17) is 0 Å². The van der Waals surface area contributed by atoms with E-state index >= 15 is 0 Å². The van der Waals surface area contributed by atoms with Gasteiger partial charge in [0.25, 0.3) is 0 Å². The van der Waals surface area contributed by atoms with Crippen LogP contribution in [0.25, 0.3) is 0 Å². The first-order valence-electron chi connectivity index (χ1n) is 4.77. The van der Waals surface area contributed by atoms with Gasteiger partial charge in [0.15, 0.2) is 0 Å². The van der Waals surface area contributed by atoms with E-state index in [1.54, 1.807) is 0 Å². The third-order valence-electron chi connectivity index (χ3n) is 2.69. The first-order valence-corrected chi connectivity index (χ1v) is 5.56. The molecule has 70 valence electrons. The molecule has 13 heavy (non-hydrogen) atoms. The number of benzene rings is 1. The molecule has 1 heterocycles. The SMILES string of the molecule is CC1CNCCc2c(Br)cccc21. The molecule has 2 heteroatoms. The molecular weight excluding hydrogens is 226 g/mol. The molecule has 1 nitrogen and oxygen atoms in total. The summed E-state index contributed by atoms with van der Waals surface area (Å²) in [6.07, 6.45) is 1.14. The van der Waals surface area contributed by atoms with Crippen molar-refractivity contribution in [2.24, 2.45) is 0 Å². The molecule has 0 amide bonds. The summed E-state index contributed by atoms with van der Waals surface area (Å²) in [7, 11) is 0. The van der Waals surface area contributed by atoms with Crippen molar-refractivity contribution in [3.63, 3.8) is 0 Å². The molecule has 0 fully saturated rings. The normalized spacial score (nSPS) is 22.2. The van der Waals surface area contributed by atoms with Crippen LogP contribution in [0.1, 0.15) is 24.0 Å². The van der Waals surface area contributed by atoms with E-state index in [1.165, 1.54) is 15.6 Å². The van der Waals surface area contributed by atoms with Crippen LogP contribution in [-0.2, 0) is 6.42 Å². The van der Waals surface area contributed by atoms with Crippen LogP contribution in [0.3, 0.4) is 0 Å². The standard InChI is InChI=1S/C11H14BrN/c1-8-7-13-6-5-10-9(8)3-2-4-11(10)12/h2-4,8,13H,5-7H2,1H3. The van der Waals surface area contributed by atoms with E-state index < -0.39 is 0 Å². The van der Waals surface area contributed by atoms with Crippen molar-refractivity contribution in [1.82, 2.24) is 5.32 Å². The lowest BCUT2D eigenvalue weighted by Crippen LogP contribution is -2.18. The Bertz CT molecular complexity index is 309. The summed E-state index contributed by atoms with van der Waals surface area (Å²) in [5, 5.41) is 3.45. The summed E-state index contributed by atoms with van der Waals surface area (Å²) >= 11 is 3.62. The van der Waals surface area contributed by atoms with E-state index in [-0.39, 0.29) is 0 Å². The van der Waals surface area contributed by atoms with Crippen LogP contribution in [0.2, 0.25) is 0 Å². The Morgan fingerprint density at radius 3 is 3.15 bits per heavy atom. The molecule has 1 aliphatic heterocycles. The molecule has 1 aromatic carbocycles. The molecule has 1 unspecified atom stereocenters. The maximum absolute atomic E-state index is 3.62. The van der Waals surface area contributed by atoms with Crippen LogP contribution >= 0.6 is 15.9 Å².